The fourth-order valence-electron chi connectivity index (χ4n) is 1.81. The van der Waals surface area contributed by atoms with Crippen molar-refractivity contribution >= 4 is 6.08 Å². The molecule has 0 N–H and O–H groups in total. The fraction of sp³-hybridized carbons (Fsp3) is 0.700. The van der Waals surface area contributed by atoms with Gasteiger partial charge in [-0.15, -0.1) is 0 Å². The Morgan fingerprint density at radius 1 is 1.77 bits per heavy atom. The van der Waals surface area contributed by atoms with Crippen LogP contribution in [-0.4, -0.2) is 30.6 Å². The minimum atomic E-state index is 0.629. The molecule has 1 saturated heterocycles. The largest absolute Gasteiger partial charge is 0.303 e. The Labute approximate surface area is 79.1 Å². The number of aliphatic imine (C=N–C) groups is 1. The maximum absolute atomic E-state index is 9.95. The van der Waals surface area contributed by atoms with E-state index in [4.69, 9.17) is 0 Å². The molecule has 1 rings (SSSR count). The number of likely N-dealkylation sites (tertiary alicyclic amines) is 1. The van der Waals surface area contributed by atoms with Crippen molar-refractivity contribution in [1.29, 1.82) is 0 Å². The van der Waals surface area contributed by atoms with Crippen molar-refractivity contribution in [3.8, 4) is 0 Å². The van der Waals surface area contributed by atoms with Gasteiger partial charge in [0.2, 0.25) is 6.08 Å². The van der Waals surface area contributed by atoms with E-state index < -0.39 is 0 Å². The van der Waals surface area contributed by atoms with Gasteiger partial charge in [-0.25, -0.2) is 4.79 Å². The predicted octanol–water partition coefficient (Wildman–Crippen LogP) is 1.57. The Hall–Kier alpha value is -0.920. The summed E-state index contributed by atoms with van der Waals surface area (Å²) in [6.45, 7) is 9.27. The molecule has 0 aromatic carbocycles. The average Bonchev–Trinajstić information content (AvgIpc) is 2.52. The SMILES string of the molecule is C=C(CC1CCN(CC)C1)N=C=O. The molecule has 0 aliphatic carbocycles. The van der Waals surface area contributed by atoms with E-state index in [0.29, 0.717) is 11.6 Å². The summed E-state index contributed by atoms with van der Waals surface area (Å²) >= 11 is 0. The zero-order valence-corrected chi connectivity index (χ0v) is 8.12. The summed E-state index contributed by atoms with van der Waals surface area (Å²) in [5, 5.41) is 0. The summed E-state index contributed by atoms with van der Waals surface area (Å²) in [6.07, 6.45) is 3.56. The molecule has 0 amide bonds. The molecular formula is C10H16N2O. The molecule has 13 heavy (non-hydrogen) atoms. The van der Waals surface area contributed by atoms with E-state index in [1.54, 1.807) is 0 Å². The van der Waals surface area contributed by atoms with Gasteiger partial charge < -0.3 is 4.90 Å². The summed E-state index contributed by atoms with van der Waals surface area (Å²) in [5.41, 5.74) is 0.665. The van der Waals surface area contributed by atoms with Gasteiger partial charge in [-0.3, -0.25) is 0 Å². The summed E-state index contributed by atoms with van der Waals surface area (Å²) in [6, 6.07) is 0. The van der Waals surface area contributed by atoms with Crippen molar-refractivity contribution in [3.63, 3.8) is 0 Å². The first-order valence-electron chi connectivity index (χ1n) is 4.74. The lowest BCUT2D eigenvalue weighted by molar-refractivity contribution is 0.341. The lowest BCUT2D eigenvalue weighted by Crippen LogP contribution is -2.19. The van der Waals surface area contributed by atoms with Gasteiger partial charge in [0, 0.05) is 12.2 Å². The number of hydrogen-bond acceptors (Lipinski definition) is 3. The van der Waals surface area contributed by atoms with Crippen molar-refractivity contribution in [2.75, 3.05) is 19.6 Å². The molecule has 1 heterocycles. The Balaban J connectivity index is 2.31. The highest BCUT2D eigenvalue weighted by Crippen LogP contribution is 2.22. The van der Waals surface area contributed by atoms with Crippen LogP contribution in [0.2, 0.25) is 0 Å². The third-order valence-corrected chi connectivity index (χ3v) is 2.55. The Morgan fingerprint density at radius 2 is 2.54 bits per heavy atom. The molecule has 0 aromatic heterocycles. The van der Waals surface area contributed by atoms with Crippen LogP contribution < -0.4 is 0 Å². The number of carbonyl (C=O) groups excluding carboxylic acids is 1. The summed E-state index contributed by atoms with van der Waals surface area (Å²) in [4.78, 5) is 15.9. The fourth-order valence-corrected chi connectivity index (χ4v) is 1.81. The highest BCUT2D eigenvalue weighted by Gasteiger charge is 2.21. The summed E-state index contributed by atoms with van der Waals surface area (Å²) in [7, 11) is 0. The van der Waals surface area contributed by atoms with Gasteiger partial charge in [0.15, 0.2) is 0 Å². The monoisotopic (exact) mass is 180 g/mol. The molecule has 1 aliphatic heterocycles. The smallest absolute Gasteiger partial charge is 0.240 e. The van der Waals surface area contributed by atoms with Crippen molar-refractivity contribution in [2.24, 2.45) is 10.9 Å². The number of hydrogen-bond donors (Lipinski definition) is 0. The second kappa shape index (κ2) is 4.95. The lowest BCUT2D eigenvalue weighted by atomic mass is 10.0. The van der Waals surface area contributed by atoms with Crippen LogP contribution in [0, 0.1) is 5.92 Å². The van der Waals surface area contributed by atoms with Crippen molar-refractivity contribution < 1.29 is 4.79 Å². The minimum Gasteiger partial charge on any atom is -0.303 e. The molecular weight excluding hydrogens is 164 g/mol. The number of nitrogens with zero attached hydrogens (tertiary/aromatic N) is 2. The molecule has 0 saturated carbocycles. The predicted molar refractivity (Wildman–Crippen MR) is 52.1 cm³/mol. The van der Waals surface area contributed by atoms with Gasteiger partial charge in [-0.05, 0) is 31.8 Å². The van der Waals surface area contributed by atoms with E-state index in [1.165, 1.54) is 19.0 Å². The molecule has 0 aromatic rings. The maximum atomic E-state index is 9.95. The molecule has 1 aliphatic rings. The van der Waals surface area contributed by atoms with Crippen LogP contribution in [-0.2, 0) is 4.79 Å². The first kappa shape index (κ1) is 10.2. The molecule has 0 bridgehead atoms. The number of allylic oxidation sites excluding steroid dienone is 1. The van der Waals surface area contributed by atoms with Crippen molar-refractivity contribution in [2.45, 2.75) is 19.8 Å². The first-order chi connectivity index (χ1) is 6.26. The zero-order valence-electron chi connectivity index (χ0n) is 8.12. The third kappa shape index (κ3) is 3.13. The topological polar surface area (TPSA) is 32.7 Å². The highest BCUT2D eigenvalue weighted by atomic mass is 16.1. The minimum absolute atomic E-state index is 0.629. The van der Waals surface area contributed by atoms with E-state index in [-0.39, 0.29) is 0 Å². The normalized spacial score (nSPS) is 22.7. The van der Waals surface area contributed by atoms with E-state index >= 15 is 0 Å². The van der Waals surface area contributed by atoms with Crippen LogP contribution in [0.3, 0.4) is 0 Å². The molecule has 1 atom stereocenters. The average molecular weight is 180 g/mol. The Morgan fingerprint density at radius 3 is 3.08 bits per heavy atom. The van der Waals surface area contributed by atoms with Gasteiger partial charge >= 0.3 is 0 Å². The third-order valence-electron chi connectivity index (χ3n) is 2.55. The van der Waals surface area contributed by atoms with E-state index in [9.17, 15) is 4.79 Å². The van der Waals surface area contributed by atoms with Crippen molar-refractivity contribution in [3.05, 3.63) is 12.3 Å². The molecule has 0 radical (unpaired) electrons. The van der Waals surface area contributed by atoms with Crippen LogP contribution in [0.1, 0.15) is 19.8 Å². The second-order valence-corrected chi connectivity index (χ2v) is 3.52. The Bertz CT molecular complexity index is 231. The van der Waals surface area contributed by atoms with Gasteiger partial charge in [0.1, 0.15) is 0 Å². The molecule has 3 nitrogen and oxygen atoms in total. The van der Waals surface area contributed by atoms with Crippen LogP contribution >= 0.6 is 0 Å². The maximum Gasteiger partial charge on any atom is 0.240 e. The van der Waals surface area contributed by atoms with E-state index in [2.05, 4.69) is 23.4 Å². The first-order valence-corrected chi connectivity index (χ1v) is 4.74. The van der Waals surface area contributed by atoms with Gasteiger partial charge in [-0.1, -0.05) is 13.5 Å². The lowest BCUT2D eigenvalue weighted by Gasteiger charge is -2.12. The van der Waals surface area contributed by atoms with Crippen LogP contribution in [0.4, 0.5) is 0 Å². The number of isocyanates is 1. The van der Waals surface area contributed by atoms with Gasteiger partial charge in [0.25, 0.3) is 0 Å². The summed E-state index contributed by atoms with van der Waals surface area (Å²) < 4.78 is 0. The molecule has 0 spiro atoms. The molecule has 3 heteroatoms. The molecule has 72 valence electrons. The zero-order chi connectivity index (χ0) is 9.68. The van der Waals surface area contributed by atoms with E-state index in [0.717, 1.165) is 19.5 Å². The quantitative estimate of drug-likeness (QED) is 0.486. The molecule has 1 fully saturated rings. The van der Waals surface area contributed by atoms with Gasteiger partial charge in [-0.2, -0.15) is 4.99 Å². The van der Waals surface area contributed by atoms with Gasteiger partial charge in [0.05, 0.1) is 0 Å². The standard InChI is InChI=1S/C10H16N2O/c1-3-12-5-4-10(7-12)6-9(2)11-8-13/h10H,2-7H2,1H3. The second-order valence-electron chi connectivity index (χ2n) is 3.52. The van der Waals surface area contributed by atoms with Crippen molar-refractivity contribution in [1.82, 2.24) is 4.90 Å². The summed E-state index contributed by atoms with van der Waals surface area (Å²) in [5.74, 6) is 0.629. The van der Waals surface area contributed by atoms with E-state index in [1.807, 2.05) is 0 Å². The van der Waals surface area contributed by atoms with Crippen LogP contribution in [0.5, 0.6) is 0 Å². The Kier molecular flexibility index (Phi) is 3.87. The number of rotatable bonds is 4. The highest BCUT2D eigenvalue weighted by molar-refractivity contribution is 5.36. The van der Waals surface area contributed by atoms with Crippen LogP contribution in [0.15, 0.2) is 17.3 Å². The molecule has 1 unspecified atom stereocenters. The van der Waals surface area contributed by atoms with Crippen LogP contribution in [0.25, 0.3) is 0 Å².